The highest BCUT2D eigenvalue weighted by atomic mass is 16.6. The van der Waals surface area contributed by atoms with Gasteiger partial charge in [-0.15, -0.1) is 0 Å². The lowest BCUT2D eigenvalue weighted by Gasteiger charge is -2.18. The van der Waals surface area contributed by atoms with Crippen molar-refractivity contribution >= 4 is 11.7 Å². The lowest BCUT2D eigenvalue weighted by atomic mass is 9.86. The van der Waals surface area contributed by atoms with E-state index < -0.39 is 17.0 Å². The molecule has 2 aromatic carbocycles. The van der Waals surface area contributed by atoms with Crippen LogP contribution in [0.1, 0.15) is 28.7 Å². The van der Waals surface area contributed by atoms with Gasteiger partial charge in [-0.2, -0.15) is 0 Å². The molecule has 1 heterocycles. The van der Waals surface area contributed by atoms with E-state index in [1.54, 1.807) is 12.1 Å². The molecule has 0 amide bonds. The normalized spacial score (nSPS) is 20.4. The number of hydrogen-bond donors (Lipinski definition) is 0. The molecule has 5 nitrogen and oxygen atoms in total. The highest BCUT2D eigenvalue weighted by molar-refractivity contribution is 5.92. The summed E-state index contributed by atoms with van der Waals surface area (Å²) >= 11 is 0. The van der Waals surface area contributed by atoms with Crippen molar-refractivity contribution < 1.29 is 14.5 Å². The van der Waals surface area contributed by atoms with E-state index in [4.69, 9.17) is 4.74 Å². The van der Waals surface area contributed by atoms with Crippen molar-refractivity contribution in [1.29, 1.82) is 0 Å². The Labute approximate surface area is 133 Å². The number of cyclic esters (lactones) is 1. The van der Waals surface area contributed by atoms with Gasteiger partial charge in [0.05, 0.1) is 10.8 Å². The van der Waals surface area contributed by atoms with Gasteiger partial charge in [-0.1, -0.05) is 36.4 Å². The first-order chi connectivity index (χ1) is 11.0. The SMILES string of the molecule is C=C1C(=O)O[C@@H](c2ccc([N+](=O)[O-])cc2)[C@@H]1c1ccc(C)cc1. The van der Waals surface area contributed by atoms with Gasteiger partial charge in [0.15, 0.2) is 0 Å². The molecule has 23 heavy (non-hydrogen) atoms. The van der Waals surface area contributed by atoms with E-state index in [2.05, 4.69) is 6.58 Å². The van der Waals surface area contributed by atoms with E-state index in [1.165, 1.54) is 12.1 Å². The number of rotatable bonds is 3. The first kappa shape index (κ1) is 15.0. The highest BCUT2D eigenvalue weighted by Crippen LogP contribution is 2.45. The predicted molar refractivity (Wildman–Crippen MR) is 85.0 cm³/mol. The molecule has 3 rings (SSSR count). The molecule has 2 atom stereocenters. The van der Waals surface area contributed by atoms with E-state index in [0.29, 0.717) is 11.1 Å². The summed E-state index contributed by atoms with van der Waals surface area (Å²) in [6.45, 7) is 5.84. The van der Waals surface area contributed by atoms with Gasteiger partial charge in [0, 0.05) is 17.7 Å². The number of esters is 1. The third-order valence-corrected chi connectivity index (χ3v) is 4.04. The Hall–Kier alpha value is -2.95. The molecule has 5 heteroatoms. The number of nitro benzene ring substituents is 1. The minimum Gasteiger partial charge on any atom is -0.453 e. The molecule has 0 saturated carbocycles. The summed E-state index contributed by atoms with van der Waals surface area (Å²) in [5.74, 6) is -0.719. The molecule has 116 valence electrons. The minimum absolute atomic E-state index is 0.00351. The van der Waals surface area contributed by atoms with Gasteiger partial charge in [-0.25, -0.2) is 4.79 Å². The van der Waals surface area contributed by atoms with Gasteiger partial charge in [0.1, 0.15) is 6.10 Å². The zero-order chi connectivity index (χ0) is 16.6. The van der Waals surface area contributed by atoms with Crippen LogP contribution in [0.25, 0.3) is 0 Å². The van der Waals surface area contributed by atoms with E-state index in [1.807, 2.05) is 31.2 Å². The largest absolute Gasteiger partial charge is 0.453 e. The monoisotopic (exact) mass is 309 g/mol. The van der Waals surface area contributed by atoms with Gasteiger partial charge in [-0.05, 0) is 30.2 Å². The van der Waals surface area contributed by atoms with Crippen LogP contribution in [0.3, 0.4) is 0 Å². The number of carbonyl (C=O) groups is 1. The molecule has 1 saturated heterocycles. The van der Waals surface area contributed by atoms with Crippen LogP contribution in [-0.4, -0.2) is 10.9 Å². The molecule has 0 radical (unpaired) electrons. The predicted octanol–water partition coefficient (Wildman–Crippen LogP) is 3.84. The Bertz CT molecular complexity index is 778. The van der Waals surface area contributed by atoms with Crippen molar-refractivity contribution in [3.8, 4) is 0 Å². The van der Waals surface area contributed by atoms with Crippen LogP contribution in [0.5, 0.6) is 0 Å². The number of ether oxygens (including phenoxy) is 1. The highest BCUT2D eigenvalue weighted by Gasteiger charge is 2.40. The number of carbonyl (C=O) groups excluding carboxylic acids is 1. The number of nitro groups is 1. The van der Waals surface area contributed by atoms with Crippen LogP contribution in [-0.2, 0) is 9.53 Å². The van der Waals surface area contributed by atoms with Crippen LogP contribution in [0, 0.1) is 17.0 Å². The number of non-ortho nitro benzene ring substituents is 1. The molecule has 0 spiro atoms. The quantitative estimate of drug-likeness (QED) is 0.374. The summed E-state index contributed by atoms with van der Waals surface area (Å²) in [7, 11) is 0. The fourth-order valence-electron chi connectivity index (χ4n) is 2.76. The van der Waals surface area contributed by atoms with Crippen LogP contribution >= 0.6 is 0 Å². The fraction of sp³-hybridized carbons (Fsp3) is 0.167. The zero-order valence-corrected chi connectivity index (χ0v) is 12.6. The summed E-state index contributed by atoms with van der Waals surface area (Å²) in [6, 6.07) is 13.9. The molecule has 0 aliphatic carbocycles. The van der Waals surface area contributed by atoms with Gasteiger partial charge < -0.3 is 4.74 Å². The maximum atomic E-state index is 12.0. The molecule has 0 N–H and O–H groups in total. The van der Waals surface area contributed by atoms with Gasteiger partial charge in [0.2, 0.25) is 0 Å². The first-order valence-electron chi connectivity index (χ1n) is 7.18. The molecule has 2 aromatic rings. The van der Waals surface area contributed by atoms with E-state index in [0.717, 1.165) is 11.1 Å². The number of hydrogen-bond acceptors (Lipinski definition) is 4. The summed E-state index contributed by atoms with van der Waals surface area (Å²) in [6.07, 6.45) is -0.515. The van der Waals surface area contributed by atoms with Gasteiger partial charge >= 0.3 is 5.97 Å². The average molecular weight is 309 g/mol. The number of benzene rings is 2. The van der Waals surface area contributed by atoms with Crippen LogP contribution < -0.4 is 0 Å². The summed E-state index contributed by atoms with van der Waals surface area (Å²) in [5, 5.41) is 10.8. The second-order valence-electron chi connectivity index (χ2n) is 5.59. The third-order valence-electron chi connectivity index (χ3n) is 4.04. The maximum Gasteiger partial charge on any atom is 0.334 e. The third kappa shape index (κ3) is 2.73. The number of aryl methyl sites for hydroxylation is 1. The van der Waals surface area contributed by atoms with E-state index in [9.17, 15) is 14.9 Å². The number of nitrogens with zero attached hydrogens (tertiary/aromatic N) is 1. The van der Waals surface area contributed by atoms with Crippen molar-refractivity contribution in [1.82, 2.24) is 0 Å². The lowest BCUT2D eigenvalue weighted by Crippen LogP contribution is -2.07. The van der Waals surface area contributed by atoms with Crippen LogP contribution in [0.2, 0.25) is 0 Å². The molecular formula is C18H15NO4. The van der Waals surface area contributed by atoms with Gasteiger partial charge in [0.25, 0.3) is 5.69 Å². The Morgan fingerprint density at radius 3 is 2.17 bits per heavy atom. The Morgan fingerprint density at radius 1 is 1.04 bits per heavy atom. The standard InChI is InChI=1S/C18H15NO4/c1-11-3-5-13(6-4-11)16-12(2)18(20)23-17(16)14-7-9-15(10-8-14)19(21)22/h3-10,16-17H,2H2,1H3/t16-,17-/m0/s1. The molecule has 1 aliphatic heterocycles. The Kier molecular flexibility index (Phi) is 3.70. The first-order valence-corrected chi connectivity index (χ1v) is 7.18. The molecule has 0 aromatic heterocycles. The summed E-state index contributed by atoms with van der Waals surface area (Å²) in [5.41, 5.74) is 3.18. The molecule has 0 unspecified atom stereocenters. The smallest absolute Gasteiger partial charge is 0.334 e. The second-order valence-corrected chi connectivity index (χ2v) is 5.59. The lowest BCUT2D eigenvalue weighted by molar-refractivity contribution is -0.384. The second kappa shape index (κ2) is 5.68. The molecule has 1 aliphatic rings. The molecule has 1 fully saturated rings. The van der Waals surface area contributed by atoms with E-state index >= 15 is 0 Å². The Balaban J connectivity index is 1.98. The van der Waals surface area contributed by atoms with Gasteiger partial charge in [-0.3, -0.25) is 10.1 Å². The van der Waals surface area contributed by atoms with Crippen LogP contribution in [0.4, 0.5) is 5.69 Å². The van der Waals surface area contributed by atoms with E-state index in [-0.39, 0.29) is 11.6 Å². The van der Waals surface area contributed by atoms with Crippen molar-refractivity contribution in [2.24, 2.45) is 0 Å². The van der Waals surface area contributed by atoms with Crippen LogP contribution in [0.15, 0.2) is 60.7 Å². The average Bonchev–Trinajstić information content (AvgIpc) is 2.84. The summed E-state index contributed by atoms with van der Waals surface area (Å²) in [4.78, 5) is 22.3. The fourth-order valence-corrected chi connectivity index (χ4v) is 2.76. The summed E-state index contributed by atoms with van der Waals surface area (Å²) < 4.78 is 5.45. The van der Waals surface area contributed by atoms with Crippen molar-refractivity contribution in [2.45, 2.75) is 18.9 Å². The Morgan fingerprint density at radius 2 is 1.61 bits per heavy atom. The molecular weight excluding hydrogens is 294 g/mol. The van der Waals surface area contributed by atoms with Crippen molar-refractivity contribution in [3.63, 3.8) is 0 Å². The molecule has 0 bridgehead atoms. The van der Waals surface area contributed by atoms with Crippen molar-refractivity contribution in [2.75, 3.05) is 0 Å². The minimum atomic E-state index is -0.515. The maximum absolute atomic E-state index is 12.0. The zero-order valence-electron chi connectivity index (χ0n) is 12.6. The van der Waals surface area contributed by atoms with Crippen molar-refractivity contribution in [3.05, 3.63) is 87.5 Å². The topological polar surface area (TPSA) is 69.4 Å².